The zero-order valence-electron chi connectivity index (χ0n) is 28.8. The van der Waals surface area contributed by atoms with Gasteiger partial charge in [-0.3, -0.25) is 4.90 Å². The minimum atomic E-state index is 0.854. The Labute approximate surface area is 261 Å². The number of hydrogen-bond acceptors (Lipinski definition) is 1. The minimum Gasteiger partial charge on any atom is -0.297 e. The van der Waals surface area contributed by atoms with Crippen LogP contribution in [0.15, 0.2) is 99.1 Å². The van der Waals surface area contributed by atoms with Gasteiger partial charge in [-0.1, -0.05) is 120 Å². The minimum absolute atomic E-state index is 0.854. The monoisotopic (exact) mass is 569 g/mol. The Morgan fingerprint density at radius 2 is 1.45 bits per heavy atom. The predicted molar refractivity (Wildman–Crippen MR) is 195 cm³/mol. The molecule has 1 nitrogen and oxygen atoms in total. The van der Waals surface area contributed by atoms with Gasteiger partial charge in [0.15, 0.2) is 0 Å². The smallest absolute Gasteiger partial charge is 0.0127 e. The summed E-state index contributed by atoms with van der Waals surface area (Å²) < 4.78 is 0. The van der Waals surface area contributed by atoms with Crippen molar-refractivity contribution in [3.05, 3.63) is 110 Å². The highest BCUT2D eigenvalue weighted by molar-refractivity contribution is 5.98. The predicted octanol–water partition coefficient (Wildman–Crippen LogP) is 12.6. The van der Waals surface area contributed by atoms with Crippen molar-refractivity contribution in [1.82, 2.24) is 4.90 Å². The highest BCUT2D eigenvalue weighted by Crippen LogP contribution is 2.39. The fraction of sp³-hybridized carbons (Fsp3) is 0.463. The van der Waals surface area contributed by atoms with Gasteiger partial charge in [-0.05, 0) is 92.2 Å². The van der Waals surface area contributed by atoms with Crippen LogP contribution >= 0.6 is 0 Å². The van der Waals surface area contributed by atoms with Crippen LogP contribution < -0.4 is 0 Å². The highest BCUT2D eigenvalue weighted by atomic mass is 15.3. The molecular formula is C41H63N. The fourth-order valence-electron chi connectivity index (χ4n) is 5.91. The summed E-state index contributed by atoms with van der Waals surface area (Å²) in [6.45, 7) is 33.6. The van der Waals surface area contributed by atoms with Gasteiger partial charge in [-0.25, -0.2) is 0 Å². The Balaban J connectivity index is 0.000000636. The topological polar surface area (TPSA) is 3.24 Å². The quantitative estimate of drug-likeness (QED) is 0.267. The summed E-state index contributed by atoms with van der Waals surface area (Å²) in [5.41, 5.74) is 5.27. The van der Waals surface area contributed by atoms with E-state index >= 15 is 0 Å². The number of fused-ring (bicyclic) bond motifs is 2. The van der Waals surface area contributed by atoms with E-state index in [1.165, 1.54) is 71.7 Å². The molecule has 4 unspecified atom stereocenters. The first kappa shape index (κ1) is 39.1. The molecule has 42 heavy (non-hydrogen) atoms. The van der Waals surface area contributed by atoms with Crippen molar-refractivity contribution in [2.24, 2.45) is 11.8 Å². The van der Waals surface area contributed by atoms with Gasteiger partial charge in [0.25, 0.3) is 0 Å². The van der Waals surface area contributed by atoms with E-state index in [0.717, 1.165) is 23.9 Å². The Morgan fingerprint density at radius 3 is 1.98 bits per heavy atom. The van der Waals surface area contributed by atoms with Gasteiger partial charge in [0, 0.05) is 18.6 Å². The molecule has 5 rings (SSSR count). The lowest BCUT2D eigenvalue weighted by atomic mass is 9.84. The Kier molecular flexibility index (Phi) is 21.1. The number of rotatable bonds is 6. The van der Waals surface area contributed by atoms with E-state index in [0.29, 0.717) is 0 Å². The van der Waals surface area contributed by atoms with E-state index in [2.05, 4.69) is 126 Å². The molecule has 0 radical (unpaired) electrons. The number of allylic oxidation sites excluding steroid dienone is 2. The summed E-state index contributed by atoms with van der Waals surface area (Å²) >= 11 is 0. The molecule has 2 aliphatic heterocycles. The van der Waals surface area contributed by atoms with E-state index in [1.54, 1.807) is 6.08 Å². The second kappa shape index (κ2) is 22.7. The molecule has 0 aliphatic carbocycles. The second-order valence-electron chi connectivity index (χ2n) is 10.8. The Morgan fingerprint density at radius 1 is 0.857 bits per heavy atom. The standard InChI is InChI=1S/C18H16.C14H25N.C3H6.2C2H6.C2H4/c1-13-6-3-10-16(12-13)17-11-5-9-15-8-4-7-14(2)18(15)17;1-4-5-6-11(2)12(3)14-8-7-13-9-10-15(13)14;1-3-2;3*1-2/h3-12H,1-2H3;4,11-14H,1,5-10H2,2-3H3;3H,1H2,2H3;2*1-2H3;1-2H2. The summed E-state index contributed by atoms with van der Waals surface area (Å²) in [5, 5.41) is 2.68. The molecule has 232 valence electrons. The maximum absolute atomic E-state index is 3.82. The zero-order chi connectivity index (χ0) is 32.1. The summed E-state index contributed by atoms with van der Waals surface area (Å²) in [4.78, 5) is 2.76. The van der Waals surface area contributed by atoms with Crippen LogP contribution in [0.5, 0.6) is 0 Å². The van der Waals surface area contributed by atoms with Crippen molar-refractivity contribution >= 4 is 10.8 Å². The molecule has 4 atom stereocenters. The van der Waals surface area contributed by atoms with Crippen LogP contribution in [-0.4, -0.2) is 23.5 Å². The van der Waals surface area contributed by atoms with Gasteiger partial charge >= 0.3 is 0 Å². The number of hydrogen-bond donors (Lipinski definition) is 0. The van der Waals surface area contributed by atoms with Gasteiger partial charge in [0.05, 0.1) is 0 Å². The van der Waals surface area contributed by atoms with Crippen molar-refractivity contribution in [3.63, 3.8) is 0 Å². The average Bonchev–Trinajstić information content (AvgIpc) is 3.31. The van der Waals surface area contributed by atoms with Gasteiger partial charge in [0.1, 0.15) is 0 Å². The summed E-state index contributed by atoms with van der Waals surface area (Å²) in [6, 6.07) is 23.6. The first-order valence-electron chi connectivity index (χ1n) is 16.4. The average molecular weight is 570 g/mol. The van der Waals surface area contributed by atoms with E-state index in [-0.39, 0.29) is 0 Å². The van der Waals surface area contributed by atoms with Crippen LogP contribution in [0, 0.1) is 25.7 Å². The molecule has 0 bridgehead atoms. The maximum Gasteiger partial charge on any atom is 0.0127 e. The van der Waals surface area contributed by atoms with E-state index < -0.39 is 0 Å². The number of benzene rings is 3. The summed E-state index contributed by atoms with van der Waals surface area (Å²) in [7, 11) is 0. The lowest BCUT2D eigenvalue weighted by Gasteiger charge is -2.42. The van der Waals surface area contributed by atoms with Crippen LogP contribution in [0.3, 0.4) is 0 Å². The molecule has 2 aliphatic rings. The third kappa shape index (κ3) is 11.4. The maximum atomic E-state index is 3.82. The van der Waals surface area contributed by atoms with Crippen molar-refractivity contribution in [2.45, 2.75) is 107 Å². The molecule has 1 heteroatoms. The van der Waals surface area contributed by atoms with Crippen LogP contribution in [0.2, 0.25) is 0 Å². The molecule has 0 spiro atoms. The van der Waals surface area contributed by atoms with Crippen molar-refractivity contribution < 1.29 is 0 Å². The Hall–Kier alpha value is -2.90. The van der Waals surface area contributed by atoms with Crippen LogP contribution in [0.1, 0.15) is 91.7 Å². The molecule has 0 N–H and O–H groups in total. The molecule has 2 fully saturated rings. The molecule has 0 aromatic heterocycles. The lowest BCUT2D eigenvalue weighted by molar-refractivity contribution is 0.0551. The van der Waals surface area contributed by atoms with Gasteiger partial charge < -0.3 is 0 Å². The van der Waals surface area contributed by atoms with Crippen LogP contribution in [0.25, 0.3) is 21.9 Å². The number of nitrogens with zero attached hydrogens (tertiary/aromatic N) is 1. The summed E-state index contributed by atoms with van der Waals surface area (Å²) in [6.07, 6.45) is 10.7. The third-order valence-corrected chi connectivity index (χ3v) is 8.18. The molecule has 2 heterocycles. The second-order valence-corrected chi connectivity index (χ2v) is 10.8. The van der Waals surface area contributed by atoms with Crippen LogP contribution in [-0.2, 0) is 0 Å². The highest BCUT2D eigenvalue weighted by Gasteiger charge is 2.42. The van der Waals surface area contributed by atoms with Crippen molar-refractivity contribution in [1.29, 1.82) is 0 Å². The zero-order valence-corrected chi connectivity index (χ0v) is 28.8. The molecule has 2 saturated heterocycles. The van der Waals surface area contributed by atoms with E-state index in [4.69, 9.17) is 0 Å². The largest absolute Gasteiger partial charge is 0.297 e. The van der Waals surface area contributed by atoms with E-state index in [1.807, 2.05) is 34.6 Å². The lowest BCUT2D eigenvalue weighted by Crippen LogP contribution is -2.50. The van der Waals surface area contributed by atoms with Crippen LogP contribution in [0.4, 0.5) is 0 Å². The van der Waals surface area contributed by atoms with Gasteiger partial charge in [0.2, 0.25) is 0 Å². The van der Waals surface area contributed by atoms with Crippen molar-refractivity contribution in [2.75, 3.05) is 6.54 Å². The third-order valence-electron chi connectivity index (χ3n) is 8.18. The normalized spacial score (nSPS) is 17.5. The first-order chi connectivity index (χ1) is 20.4. The van der Waals surface area contributed by atoms with E-state index in [9.17, 15) is 0 Å². The Bertz CT molecular complexity index is 1140. The first-order valence-corrected chi connectivity index (χ1v) is 16.4. The van der Waals surface area contributed by atoms with Gasteiger partial charge in [-0.15, -0.1) is 26.3 Å². The molecule has 0 amide bonds. The van der Waals surface area contributed by atoms with Gasteiger partial charge in [-0.2, -0.15) is 0 Å². The summed E-state index contributed by atoms with van der Waals surface area (Å²) in [5.74, 6) is 1.72. The fourth-order valence-corrected chi connectivity index (χ4v) is 5.91. The molecular weight excluding hydrogens is 506 g/mol. The molecule has 0 saturated carbocycles. The number of aryl methyl sites for hydroxylation is 2. The molecule has 3 aromatic carbocycles. The molecule has 3 aromatic rings. The SMILES string of the molecule is C=C.C=CC.C=CCCC(C)C(C)C1CCC2CCN21.CC.CC.Cc1cccc(-c2cccc3cccc(C)c23)c1. The van der Waals surface area contributed by atoms with Crippen molar-refractivity contribution in [3.8, 4) is 11.1 Å².